The minimum atomic E-state index is -0.127. The molecule has 1 aromatic carbocycles. The van der Waals surface area contributed by atoms with E-state index in [0.29, 0.717) is 11.8 Å². The predicted molar refractivity (Wildman–Crippen MR) is 76.4 cm³/mol. The first-order valence-electron chi connectivity index (χ1n) is 7.09. The lowest BCUT2D eigenvalue weighted by Gasteiger charge is -2.19. The third-order valence-electron chi connectivity index (χ3n) is 3.17. The van der Waals surface area contributed by atoms with E-state index in [-0.39, 0.29) is 5.82 Å². The fourth-order valence-electron chi connectivity index (χ4n) is 2.14. The van der Waals surface area contributed by atoms with Gasteiger partial charge in [0.05, 0.1) is 0 Å². The highest BCUT2D eigenvalue weighted by Crippen LogP contribution is 2.22. The van der Waals surface area contributed by atoms with Crippen molar-refractivity contribution in [2.24, 2.45) is 5.92 Å². The Kier molecular flexibility index (Phi) is 6.96. The van der Waals surface area contributed by atoms with E-state index in [1.54, 1.807) is 6.07 Å². The first kappa shape index (κ1) is 15.2. The molecule has 0 amide bonds. The van der Waals surface area contributed by atoms with Crippen LogP contribution < -0.4 is 5.32 Å². The van der Waals surface area contributed by atoms with Crippen molar-refractivity contribution in [1.29, 1.82) is 0 Å². The van der Waals surface area contributed by atoms with Crippen molar-refractivity contribution >= 4 is 0 Å². The summed E-state index contributed by atoms with van der Waals surface area (Å²) in [5.74, 6) is 0.960. The lowest BCUT2D eigenvalue weighted by atomic mass is 9.93. The molecular weight excluding hydrogens is 225 g/mol. The van der Waals surface area contributed by atoms with E-state index in [1.165, 1.54) is 18.9 Å². The quantitative estimate of drug-likeness (QED) is 0.724. The summed E-state index contributed by atoms with van der Waals surface area (Å²) in [4.78, 5) is 0. The van der Waals surface area contributed by atoms with Crippen molar-refractivity contribution in [3.63, 3.8) is 0 Å². The number of benzene rings is 1. The number of hydrogen-bond acceptors (Lipinski definition) is 1. The highest BCUT2D eigenvalue weighted by molar-refractivity contribution is 5.21. The summed E-state index contributed by atoms with van der Waals surface area (Å²) in [5, 5.41) is 3.49. The minimum absolute atomic E-state index is 0.127. The number of nitrogens with one attached hydrogen (secondary N) is 1. The smallest absolute Gasteiger partial charge is 0.123 e. The maximum atomic E-state index is 13.3. The molecule has 0 radical (unpaired) electrons. The van der Waals surface area contributed by atoms with Crippen molar-refractivity contribution in [3.05, 3.63) is 35.6 Å². The van der Waals surface area contributed by atoms with Crippen molar-refractivity contribution in [1.82, 2.24) is 5.32 Å². The topological polar surface area (TPSA) is 12.0 Å². The normalized spacial score (nSPS) is 12.9. The molecule has 0 aliphatic carbocycles. The summed E-state index contributed by atoms with van der Waals surface area (Å²) < 4.78 is 13.3. The summed E-state index contributed by atoms with van der Waals surface area (Å²) in [6, 6.07) is 7.05. The molecule has 1 atom stereocenters. The van der Waals surface area contributed by atoms with Crippen molar-refractivity contribution in [3.8, 4) is 0 Å². The van der Waals surface area contributed by atoms with Crippen LogP contribution in [-0.4, -0.2) is 13.1 Å². The SMILES string of the molecule is CCCCC(CNCC(C)C)c1cccc(F)c1. The second kappa shape index (κ2) is 8.25. The monoisotopic (exact) mass is 251 g/mol. The average molecular weight is 251 g/mol. The molecule has 0 aromatic heterocycles. The highest BCUT2D eigenvalue weighted by Gasteiger charge is 2.11. The van der Waals surface area contributed by atoms with Gasteiger partial charge in [0.15, 0.2) is 0 Å². The fourth-order valence-corrected chi connectivity index (χ4v) is 2.14. The zero-order valence-corrected chi connectivity index (χ0v) is 11.9. The van der Waals surface area contributed by atoms with Crippen LogP contribution in [0.3, 0.4) is 0 Å². The molecule has 0 aliphatic rings. The lowest BCUT2D eigenvalue weighted by Crippen LogP contribution is -2.25. The Bertz CT molecular complexity index is 336. The van der Waals surface area contributed by atoms with Crippen LogP contribution >= 0.6 is 0 Å². The van der Waals surface area contributed by atoms with Gasteiger partial charge in [-0.15, -0.1) is 0 Å². The van der Waals surface area contributed by atoms with Gasteiger partial charge >= 0.3 is 0 Å². The standard InChI is InChI=1S/C16H26FN/c1-4-5-7-15(12-18-11-13(2)3)14-8-6-9-16(17)10-14/h6,8-10,13,15,18H,4-5,7,11-12H2,1-3H3. The van der Waals surface area contributed by atoms with E-state index in [0.717, 1.165) is 25.1 Å². The zero-order chi connectivity index (χ0) is 13.4. The van der Waals surface area contributed by atoms with Gasteiger partial charge in [-0.25, -0.2) is 4.39 Å². The van der Waals surface area contributed by atoms with Crippen molar-refractivity contribution < 1.29 is 4.39 Å². The van der Waals surface area contributed by atoms with Gasteiger partial charge in [-0.1, -0.05) is 45.7 Å². The molecule has 0 aliphatic heterocycles. The molecule has 2 heteroatoms. The Hall–Kier alpha value is -0.890. The van der Waals surface area contributed by atoms with Gasteiger partial charge < -0.3 is 5.32 Å². The molecule has 1 aromatic rings. The molecule has 1 rings (SSSR count). The van der Waals surface area contributed by atoms with Crippen LogP contribution in [0.15, 0.2) is 24.3 Å². The zero-order valence-electron chi connectivity index (χ0n) is 11.9. The highest BCUT2D eigenvalue weighted by atomic mass is 19.1. The van der Waals surface area contributed by atoms with E-state index in [4.69, 9.17) is 0 Å². The summed E-state index contributed by atoms with van der Waals surface area (Å²) in [6.45, 7) is 8.58. The maximum Gasteiger partial charge on any atom is 0.123 e. The van der Waals surface area contributed by atoms with E-state index in [9.17, 15) is 4.39 Å². The largest absolute Gasteiger partial charge is 0.316 e. The van der Waals surface area contributed by atoms with Gasteiger partial charge in [0, 0.05) is 6.54 Å². The maximum absolute atomic E-state index is 13.3. The van der Waals surface area contributed by atoms with Crippen LogP contribution in [0.25, 0.3) is 0 Å². The number of unbranched alkanes of at least 4 members (excludes halogenated alkanes) is 1. The van der Waals surface area contributed by atoms with Crippen LogP contribution in [0.2, 0.25) is 0 Å². The van der Waals surface area contributed by atoms with E-state index >= 15 is 0 Å². The number of rotatable bonds is 8. The molecule has 1 N–H and O–H groups in total. The molecule has 0 fully saturated rings. The Labute approximate surface area is 111 Å². The number of hydrogen-bond donors (Lipinski definition) is 1. The Balaban J connectivity index is 2.59. The molecule has 0 heterocycles. The van der Waals surface area contributed by atoms with Crippen molar-refractivity contribution in [2.75, 3.05) is 13.1 Å². The number of halogens is 1. The molecular formula is C16H26FN. The molecule has 1 unspecified atom stereocenters. The van der Waals surface area contributed by atoms with Crippen molar-refractivity contribution in [2.45, 2.75) is 46.0 Å². The van der Waals surface area contributed by atoms with Gasteiger partial charge in [0.1, 0.15) is 5.82 Å². The van der Waals surface area contributed by atoms with Crippen LogP contribution in [-0.2, 0) is 0 Å². The molecule has 18 heavy (non-hydrogen) atoms. The lowest BCUT2D eigenvalue weighted by molar-refractivity contribution is 0.488. The van der Waals surface area contributed by atoms with Gasteiger partial charge in [-0.2, -0.15) is 0 Å². The van der Waals surface area contributed by atoms with Crippen LogP contribution in [0.4, 0.5) is 4.39 Å². The first-order valence-corrected chi connectivity index (χ1v) is 7.09. The molecule has 0 bridgehead atoms. The Morgan fingerprint density at radius 1 is 1.22 bits per heavy atom. The van der Waals surface area contributed by atoms with Gasteiger partial charge in [-0.05, 0) is 42.5 Å². The van der Waals surface area contributed by atoms with Crippen LogP contribution in [0, 0.1) is 11.7 Å². The van der Waals surface area contributed by atoms with Crippen LogP contribution in [0.5, 0.6) is 0 Å². The summed E-state index contributed by atoms with van der Waals surface area (Å²) >= 11 is 0. The third-order valence-corrected chi connectivity index (χ3v) is 3.17. The molecule has 102 valence electrons. The van der Waals surface area contributed by atoms with Gasteiger partial charge in [-0.3, -0.25) is 0 Å². The molecule has 0 spiro atoms. The second-order valence-electron chi connectivity index (χ2n) is 5.45. The summed E-state index contributed by atoms with van der Waals surface area (Å²) in [5.41, 5.74) is 1.12. The first-order chi connectivity index (χ1) is 8.63. The summed E-state index contributed by atoms with van der Waals surface area (Å²) in [6.07, 6.45) is 3.52. The van der Waals surface area contributed by atoms with E-state index in [2.05, 4.69) is 26.1 Å². The summed E-state index contributed by atoms with van der Waals surface area (Å²) in [7, 11) is 0. The minimum Gasteiger partial charge on any atom is -0.316 e. The molecule has 1 nitrogen and oxygen atoms in total. The van der Waals surface area contributed by atoms with Crippen LogP contribution in [0.1, 0.15) is 51.5 Å². The predicted octanol–water partition coefficient (Wildman–Crippen LogP) is 4.35. The average Bonchev–Trinajstić information content (AvgIpc) is 2.33. The fraction of sp³-hybridized carbons (Fsp3) is 0.625. The third kappa shape index (κ3) is 5.63. The van der Waals surface area contributed by atoms with Gasteiger partial charge in [0.2, 0.25) is 0 Å². The van der Waals surface area contributed by atoms with Gasteiger partial charge in [0.25, 0.3) is 0 Å². The Morgan fingerprint density at radius 3 is 2.61 bits per heavy atom. The van der Waals surface area contributed by atoms with E-state index in [1.807, 2.05) is 12.1 Å². The van der Waals surface area contributed by atoms with E-state index < -0.39 is 0 Å². The molecule has 0 saturated carbocycles. The molecule has 0 saturated heterocycles. The second-order valence-corrected chi connectivity index (χ2v) is 5.45. The Morgan fingerprint density at radius 2 is 2.00 bits per heavy atom.